The Morgan fingerprint density at radius 3 is 1.64 bits per heavy atom. The summed E-state index contributed by atoms with van der Waals surface area (Å²) in [6.45, 7) is 31.9. The molecule has 0 fully saturated rings. The topological polar surface area (TPSA) is 33.5 Å². The van der Waals surface area contributed by atoms with E-state index in [0.29, 0.717) is 11.5 Å². The van der Waals surface area contributed by atoms with Crippen LogP contribution in [0.5, 0.6) is 11.5 Å². The van der Waals surface area contributed by atoms with E-state index in [1.807, 2.05) is 6.20 Å². The van der Waals surface area contributed by atoms with Crippen molar-refractivity contribution < 1.29 is 25.8 Å². The molecule has 0 aliphatic carbocycles. The Balaban J connectivity index is 0.00000688. The largest absolute Gasteiger partial charge is 0.509 e. The van der Waals surface area contributed by atoms with Gasteiger partial charge in [0.2, 0.25) is 0 Å². The van der Waals surface area contributed by atoms with Gasteiger partial charge in [-0.15, -0.1) is 53.6 Å². The Bertz CT molecular complexity index is 3820. The molecule has 0 amide bonds. The van der Waals surface area contributed by atoms with Crippen molar-refractivity contribution in [2.75, 3.05) is 9.80 Å². The van der Waals surface area contributed by atoms with E-state index >= 15 is 0 Å². The molecule has 0 bridgehead atoms. The molecule has 0 radical (unpaired) electrons. The summed E-state index contributed by atoms with van der Waals surface area (Å²) in [6.07, 6.45) is 1.94. The molecule has 398 valence electrons. The average Bonchev–Trinajstić information content (AvgIpc) is 4.20. The van der Waals surface area contributed by atoms with Crippen LogP contribution in [0.15, 0.2) is 188 Å². The van der Waals surface area contributed by atoms with Gasteiger partial charge in [-0.25, -0.2) is 4.98 Å². The molecule has 8 aromatic carbocycles. The number of pyridine rings is 1. The van der Waals surface area contributed by atoms with E-state index < -0.39 is 0 Å². The van der Waals surface area contributed by atoms with Crippen LogP contribution < -0.4 is 14.5 Å². The fourth-order valence-corrected chi connectivity index (χ4v) is 10.9. The van der Waals surface area contributed by atoms with Gasteiger partial charge in [-0.05, 0) is 109 Å². The number of fused-ring (bicyclic) bond motifs is 4. The van der Waals surface area contributed by atoms with E-state index in [2.05, 4.69) is 305 Å². The number of ether oxygens (including phenoxy) is 1. The van der Waals surface area contributed by atoms with E-state index in [-0.39, 0.29) is 48.1 Å². The first-order chi connectivity index (χ1) is 36.5. The van der Waals surface area contributed by atoms with Crippen LogP contribution in [-0.4, -0.2) is 9.55 Å². The summed E-state index contributed by atoms with van der Waals surface area (Å²) in [4.78, 5) is 9.73. The zero-order chi connectivity index (χ0) is 54.2. The predicted molar refractivity (Wildman–Crippen MR) is 323 cm³/mol. The SMILES string of the molecule is CC(C)(C)c1cc(Oc2[c-]c3c(cc2)c2cc(C(C)(C)C)ccc2n3-c2cc(C(C)(C)c3ccccc3)ccn2)[c-]c(N2[CH-]N(c3cc(-c4ccccc4)cc(C(C)(C)C)c3)c3cc(C(C)(C)c4ccccc4)ccc32)c1.[Pt]. The minimum atomic E-state index is -0.257. The smallest absolute Gasteiger partial charge is 0.135 e. The number of aromatic nitrogens is 2. The molecule has 0 N–H and O–H groups in total. The van der Waals surface area contributed by atoms with Crippen molar-refractivity contribution in [2.45, 2.75) is 117 Å². The molecule has 0 spiro atoms. The maximum absolute atomic E-state index is 7.05. The van der Waals surface area contributed by atoms with E-state index in [1.165, 1.54) is 44.5 Å². The Hall–Kier alpha value is -7.20. The number of rotatable bonds is 10. The minimum Gasteiger partial charge on any atom is -0.509 e. The molecule has 10 aromatic rings. The van der Waals surface area contributed by atoms with Crippen LogP contribution in [-0.2, 0) is 48.1 Å². The fourth-order valence-electron chi connectivity index (χ4n) is 10.9. The Labute approximate surface area is 478 Å². The third-order valence-electron chi connectivity index (χ3n) is 16.0. The van der Waals surface area contributed by atoms with Gasteiger partial charge in [-0.2, -0.15) is 6.07 Å². The van der Waals surface area contributed by atoms with Crippen molar-refractivity contribution in [3.63, 3.8) is 0 Å². The molecule has 78 heavy (non-hydrogen) atoms. The second kappa shape index (κ2) is 20.2. The molecular weight excluding hydrogens is 1130 g/mol. The first-order valence-electron chi connectivity index (χ1n) is 27.2. The maximum atomic E-state index is 7.05. The van der Waals surface area contributed by atoms with Crippen LogP contribution in [0.3, 0.4) is 0 Å². The second-order valence-electron chi connectivity index (χ2n) is 25.2. The summed E-state index contributed by atoms with van der Waals surface area (Å²) in [6, 6.07) is 73.7. The molecular formula is C72H71N4OPt-3. The summed E-state index contributed by atoms with van der Waals surface area (Å²) in [7, 11) is 0. The number of hydrogen-bond donors (Lipinski definition) is 0. The van der Waals surface area contributed by atoms with E-state index in [4.69, 9.17) is 9.72 Å². The Morgan fingerprint density at radius 2 is 1.01 bits per heavy atom. The fraction of sp³-hybridized carbons (Fsp3) is 0.250. The van der Waals surface area contributed by atoms with Crippen molar-refractivity contribution in [1.82, 2.24) is 9.55 Å². The maximum Gasteiger partial charge on any atom is 0.135 e. The predicted octanol–water partition coefficient (Wildman–Crippen LogP) is 19.2. The molecule has 0 unspecified atom stereocenters. The van der Waals surface area contributed by atoms with Crippen molar-refractivity contribution in [3.05, 3.63) is 246 Å². The normalized spacial score (nSPS) is 13.2. The van der Waals surface area contributed by atoms with Crippen molar-refractivity contribution in [2.24, 2.45) is 0 Å². The van der Waals surface area contributed by atoms with Crippen LogP contribution in [0.2, 0.25) is 0 Å². The Morgan fingerprint density at radius 1 is 0.423 bits per heavy atom. The van der Waals surface area contributed by atoms with E-state index in [9.17, 15) is 0 Å². The van der Waals surface area contributed by atoms with Crippen molar-refractivity contribution in [1.29, 1.82) is 0 Å². The monoisotopic (exact) mass is 1200 g/mol. The van der Waals surface area contributed by atoms with Crippen LogP contribution in [0, 0.1) is 18.8 Å². The van der Waals surface area contributed by atoms with Gasteiger partial charge >= 0.3 is 0 Å². The quantitative estimate of drug-likeness (QED) is 0.128. The zero-order valence-electron chi connectivity index (χ0n) is 47.5. The molecule has 0 saturated carbocycles. The second-order valence-corrected chi connectivity index (χ2v) is 25.2. The van der Waals surface area contributed by atoms with Gasteiger partial charge in [0.05, 0.1) is 0 Å². The first kappa shape index (κ1) is 54.2. The van der Waals surface area contributed by atoms with Gasteiger partial charge in [-0.1, -0.05) is 211 Å². The van der Waals surface area contributed by atoms with Crippen LogP contribution in [0.1, 0.15) is 129 Å². The van der Waals surface area contributed by atoms with Crippen LogP contribution in [0.4, 0.5) is 22.7 Å². The van der Waals surface area contributed by atoms with Gasteiger partial charge < -0.3 is 19.1 Å². The summed E-state index contributed by atoms with van der Waals surface area (Å²) in [5.41, 5.74) is 16.2. The van der Waals surface area contributed by atoms with Gasteiger partial charge in [0.15, 0.2) is 0 Å². The number of anilines is 4. The standard InChI is InChI=1S/C72H71N4O.Pt/c1-68(2,3)52-29-33-63-62(42-52)61-32-31-59(46-65(61)76(63)67-44-54(35-36-73-67)72(12,13)51-27-21-16-22-28-51)77-60-41-56(70(7,8)9)40-58(45-60)74-47-75(57-38-49(48-23-17-14-18-24-48)37-55(39-57)69(4,5)6)66-43-53(30-34-64(66)74)71(10,11)50-25-19-15-20-26-50;/h14-44,47H,1-13H3;/q-3;. The van der Waals surface area contributed by atoms with Crippen molar-refractivity contribution >= 4 is 44.6 Å². The summed E-state index contributed by atoms with van der Waals surface area (Å²) < 4.78 is 9.31. The molecule has 0 saturated heterocycles. The molecule has 1 aliphatic rings. The molecule has 1 aliphatic heterocycles. The zero-order valence-corrected chi connectivity index (χ0v) is 49.8. The molecule has 0 atom stereocenters. The first-order valence-corrected chi connectivity index (χ1v) is 27.2. The molecule has 5 nitrogen and oxygen atoms in total. The molecule has 3 heterocycles. The van der Waals surface area contributed by atoms with Gasteiger partial charge in [0.25, 0.3) is 0 Å². The molecule has 11 rings (SSSR count). The summed E-state index contributed by atoms with van der Waals surface area (Å²) in [5, 5.41) is 2.24. The van der Waals surface area contributed by atoms with Gasteiger partial charge in [-0.3, -0.25) is 0 Å². The van der Waals surface area contributed by atoms with Crippen LogP contribution >= 0.6 is 0 Å². The minimum absolute atomic E-state index is 0. The van der Waals surface area contributed by atoms with Gasteiger partial charge in [0.1, 0.15) is 5.82 Å². The van der Waals surface area contributed by atoms with E-state index in [0.717, 1.165) is 55.9 Å². The summed E-state index contributed by atoms with van der Waals surface area (Å²) >= 11 is 0. The average molecular weight is 1200 g/mol. The number of nitrogens with zero attached hydrogens (tertiary/aromatic N) is 4. The third kappa shape index (κ3) is 10.2. The Kier molecular flexibility index (Phi) is 14.0. The molecule has 2 aromatic heterocycles. The molecule has 6 heteroatoms. The van der Waals surface area contributed by atoms with Crippen molar-refractivity contribution in [3.8, 4) is 28.4 Å². The number of benzene rings is 8. The van der Waals surface area contributed by atoms with Gasteiger partial charge in [0, 0.05) is 72.2 Å². The third-order valence-corrected chi connectivity index (χ3v) is 16.0. The van der Waals surface area contributed by atoms with E-state index in [1.54, 1.807) is 0 Å². The number of hydrogen-bond acceptors (Lipinski definition) is 4. The summed E-state index contributed by atoms with van der Waals surface area (Å²) in [5.74, 6) is 2.04. The van der Waals surface area contributed by atoms with Crippen LogP contribution in [0.25, 0.3) is 38.8 Å².